The van der Waals surface area contributed by atoms with E-state index in [1.807, 2.05) is 6.20 Å². The van der Waals surface area contributed by atoms with Crippen molar-refractivity contribution >= 4 is 32.5 Å². The molecule has 3 nitrogen and oxygen atoms in total. The highest BCUT2D eigenvalue weighted by atomic mass is 79.9. The second-order valence-electron chi connectivity index (χ2n) is 5.31. The predicted molar refractivity (Wildman–Crippen MR) is 83.4 cm³/mol. The Hall–Kier alpha value is -1.13. The first-order chi connectivity index (χ1) is 9.20. The van der Waals surface area contributed by atoms with Crippen LogP contribution in [0, 0.1) is 5.92 Å². The lowest BCUT2D eigenvalue weighted by atomic mass is 10.1. The summed E-state index contributed by atoms with van der Waals surface area (Å²) in [7, 11) is 0. The van der Waals surface area contributed by atoms with Crippen molar-refractivity contribution in [3.8, 4) is 0 Å². The van der Waals surface area contributed by atoms with Crippen LogP contribution in [-0.2, 0) is 0 Å². The van der Waals surface area contributed by atoms with Crippen LogP contribution in [0.1, 0.15) is 13.3 Å². The topological polar surface area (TPSA) is 42.1 Å². The second-order valence-corrected chi connectivity index (χ2v) is 6.16. The van der Waals surface area contributed by atoms with Crippen LogP contribution in [-0.4, -0.2) is 24.1 Å². The van der Waals surface area contributed by atoms with E-state index < -0.39 is 0 Å². The lowest BCUT2D eigenvalue weighted by Gasteiger charge is -2.24. The Morgan fingerprint density at radius 1 is 1.37 bits per heavy atom. The Morgan fingerprint density at radius 3 is 2.95 bits per heavy atom. The van der Waals surface area contributed by atoms with Gasteiger partial charge in [0.2, 0.25) is 0 Å². The summed E-state index contributed by atoms with van der Waals surface area (Å²) in [6.45, 7) is 4.03. The van der Waals surface area contributed by atoms with Crippen molar-refractivity contribution in [2.45, 2.75) is 19.4 Å². The van der Waals surface area contributed by atoms with Crippen molar-refractivity contribution in [1.82, 2.24) is 4.98 Å². The SMILES string of the molecule is CC1CC(CN)CN1c1nccc2c(Br)cccc12. The molecule has 2 aromatic rings. The van der Waals surface area contributed by atoms with Crippen LogP contribution in [0.3, 0.4) is 0 Å². The highest BCUT2D eigenvalue weighted by molar-refractivity contribution is 9.10. The van der Waals surface area contributed by atoms with Crippen LogP contribution >= 0.6 is 15.9 Å². The highest BCUT2D eigenvalue weighted by Gasteiger charge is 2.29. The van der Waals surface area contributed by atoms with Gasteiger partial charge in [0.25, 0.3) is 0 Å². The van der Waals surface area contributed by atoms with Gasteiger partial charge >= 0.3 is 0 Å². The molecule has 19 heavy (non-hydrogen) atoms. The van der Waals surface area contributed by atoms with Gasteiger partial charge in [0, 0.05) is 34.0 Å². The van der Waals surface area contributed by atoms with Gasteiger partial charge in [0.1, 0.15) is 5.82 Å². The monoisotopic (exact) mass is 319 g/mol. The van der Waals surface area contributed by atoms with E-state index in [4.69, 9.17) is 5.73 Å². The Kier molecular flexibility index (Phi) is 3.46. The largest absolute Gasteiger partial charge is 0.353 e. The maximum Gasteiger partial charge on any atom is 0.136 e. The van der Waals surface area contributed by atoms with E-state index >= 15 is 0 Å². The number of aromatic nitrogens is 1. The maximum absolute atomic E-state index is 5.82. The lowest BCUT2D eigenvalue weighted by Crippen LogP contribution is -2.28. The number of hydrogen-bond donors (Lipinski definition) is 1. The third-order valence-corrected chi connectivity index (χ3v) is 4.69. The number of rotatable bonds is 2. The van der Waals surface area contributed by atoms with Crippen LogP contribution in [0.25, 0.3) is 10.8 Å². The molecule has 1 saturated heterocycles. The molecule has 1 aromatic heterocycles. The van der Waals surface area contributed by atoms with Crippen molar-refractivity contribution in [3.63, 3.8) is 0 Å². The molecule has 1 aliphatic rings. The van der Waals surface area contributed by atoms with Gasteiger partial charge in [0.05, 0.1) is 0 Å². The van der Waals surface area contributed by atoms with Crippen LogP contribution in [0.5, 0.6) is 0 Å². The van der Waals surface area contributed by atoms with Gasteiger partial charge < -0.3 is 10.6 Å². The Morgan fingerprint density at radius 2 is 2.21 bits per heavy atom. The number of fused-ring (bicyclic) bond motifs is 1. The Balaban J connectivity index is 2.08. The quantitative estimate of drug-likeness (QED) is 0.924. The number of nitrogens with zero attached hydrogens (tertiary/aromatic N) is 2. The molecule has 0 radical (unpaired) electrons. The minimum absolute atomic E-state index is 0.505. The van der Waals surface area contributed by atoms with Gasteiger partial charge in [-0.05, 0) is 37.9 Å². The molecule has 1 fully saturated rings. The summed E-state index contributed by atoms with van der Waals surface area (Å²) in [4.78, 5) is 7.01. The molecule has 0 aliphatic carbocycles. The van der Waals surface area contributed by atoms with Crippen LogP contribution in [0.15, 0.2) is 34.9 Å². The third-order valence-electron chi connectivity index (χ3n) is 4.00. The second kappa shape index (κ2) is 5.10. The average molecular weight is 320 g/mol. The van der Waals surface area contributed by atoms with Gasteiger partial charge in [0.15, 0.2) is 0 Å². The minimum Gasteiger partial charge on any atom is -0.353 e. The number of nitrogens with two attached hydrogens (primary N) is 1. The molecule has 3 rings (SSSR count). The number of anilines is 1. The number of pyridine rings is 1. The fraction of sp³-hybridized carbons (Fsp3) is 0.400. The molecule has 4 heteroatoms. The fourth-order valence-electron chi connectivity index (χ4n) is 2.99. The van der Waals surface area contributed by atoms with Crippen molar-refractivity contribution in [3.05, 3.63) is 34.9 Å². The summed E-state index contributed by atoms with van der Waals surface area (Å²) in [6.07, 6.45) is 3.05. The van der Waals surface area contributed by atoms with Gasteiger partial charge in [-0.25, -0.2) is 4.98 Å². The summed E-state index contributed by atoms with van der Waals surface area (Å²) in [5, 5.41) is 2.43. The first-order valence-corrected chi connectivity index (χ1v) is 7.50. The van der Waals surface area contributed by atoms with Crippen molar-refractivity contribution in [1.29, 1.82) is 0 Å². The van der Waals surface area contributed by atoms with E-state index in [1.165, 1.54) is 10.8 Å². The first-order valence-electron chi connectivity index (χ1n) is 6.70. The predicted octanol–water partition coefficient (Wildman–Crippen LogP) is 3.17. The fourth-order valence-corrected chi connectivity index (χ4v) is 3.49. The van der Waals surface area contributed by atoms with Crippen molar-refractivity contribution in [2.75, 3.05) is 18.0 Å². The zero-order valence-corrected chi connectivity index (χ0v) is 12.6. The average Bonchev–Trinajstić information content (AvgIpc) is 2.80. The molecular weight excluding hydrogens is 302 g/mol. The standard InChI is InChI=1S/C15H18BrN3/c1-10-7-11(8-17)9-19(10)15-13-3-2-4-14(16)12(13)5-6-18-15/h2-6,10-11H,7-9,17H2,1H3. The van der Waals surface area contributed by atoms with Crippen LogP contribution in [0.4, 0.5) is 5.82 Å². The molecule has 0 spiro atoms. The third kappa shape index (κ3) is 2.23. The smallest absolute Gasteiger partial charge is 0.136 e. The maximum atomic E-state index is 5.82. The molecule has 2 N–H and O–H groups in total. The Bertz CT molecular complexity index is 599. The van der Waals surface area contributed by atoms with E-state index in [-0.39, 0.29) is 0 Å². The molecule has 2 atom stereocenters. The molecule has 0 saturated carbocycles. The molecule has 0 bridgehead atoms. The highest BCUT2D eigenvalue weighted by Crippen LogP contribution is 2.34. The molecule has 2 heterocycles. The number of benzene rings is 1. The minimum atomic E-state index is 0.505. The van der Waals surface area contributed by atoms with Crippen molar-refractivity contribution in [2.24, 2.45) is 11.7 Å². The zero-order chi connectivity index (χ0) is 13.4. The molecular formula is C15H18BrN3. The summed E-state index contributed by atoms with van der Waals surface area (Å²) < 4.78 is 1.12. The first kappa shape index (κ1) is 12.9. The summed E-state index contributed by atoms with van der Waals surface area (Å²) >= 11 is 3.61. The number of halogens is 1. The van der Waals surface area contributed by atoms with Crippen LogP contribution in [0.2, 0.25) is 0 Å². The van der Waals surface area contributed by atoms with E-state index in [0.717, 1.165) is 29.8 Å². The molecule has 0 amide bonds. The summed E-state index contributed by atoms with van der Waals surface area (Å²) in [5.41, 5.74) is 5.82. The van der Waals surface area contributed by atoms with E-state index in [0.29, 0.717) is 12.0 Å². The zero-order valence-electron chi connectivity index (χ0n) is 11.0. The van der Waals surface area contributed by atoms with Crippen LogP contribution < -0.4 is 10.6 Å². The number of hydrogen-bond acceptors (Lipinski definition) is 3. The van der Waals surface area contributed by atoms with Gasteiger partial charge in [-0.3, -0.25) is 0 Å². The molecule has 1 aliphatic heterocycles. The Labute approximate surface area is 121 Å². The molecule has 100 valence electrons. The van der Waals surface area contributed by atoms with E-state index in [9.17, 15) is 0 Å². The summed E-state index contributed by atoms with van der Waals surface area (Å²) in [6, 6.07) is 8.85. The molecule has 2 unspecified atom stereocenters. The normalized spacial score (nSPS) is 23.2. The lowest BCUT2D eigenvalue weighted by molar-refractivity contribution is 0.579. The van der Waals surface area contributed by atoms with E-state index in [1.54, 1.807) is 0 Å². The van der Waals surface area contributed by atoms with Crippen molar-refractivity contribution < 1.29 is 0 Å². The summed E-state index contributed by atoms with van der Waals surface area (Å²) in [5.74, 6) is 1.67. The van der Waals surface area contributed by atoms with Gasteiger partial charge in [-0.1, -0.05) is 28.1 Å². The molecule has 1 aromatic carbocycles. The van der Waals surface area contributed by atoms with Gasteiger partial charge in [-0.2, -0.15) is 0 Å². The van der Waals surface area contributed by atoms with E-state index in [2.05, 4.69) is 57.0 Å². The van der Waals surface area contributed by atoms with Gasteiger partial charge in [-0.15, -0.1) is 0 Å².